The second-order valence-electron chi connectivity index (χ2n) is 7.13. The number of halogens is 1. The van der Waals surface area contributed by atoms with Crippen molar-refractivity contribution in [2.24, 2.45) is 0 Å². The third kappa shape index (κ3) is 3.84. The minimum absolute atomic E-state index is 0. The van der Waals surface area contributed by atoms with Crippen molar-refractivity contribution in [3.05, 3.63) is 29.5 Å². The Kier molecular flexibility index (Phi) is 6.09. The third-order valence-corrected chi connectivity index (χ3v) is 5.47. The van der Waals surface area contributed by atoms with Crippen LogP contribution in [0.3, 0.4) is 0 Å². The highest BCUT2D eigenvalue weighted by molar-refractivity contribution is 5.85. The van der Waals surface area contributed by atoms with Gasteiger partial charge < -0.3 is 19.4 Å². The number of nitrogens with zero attached hydrogens (tertiary/aromatic N) is 1. The Morgan fingerprint density at radius 1 is 1.31 bits per heavy atom. The number of likely N-dealkylation sites (N-methyl/N-ethyl adjacent to an activating group) is 1. The van der Waals surface area contributed by atoms with Crippen LogP contribution in [0.5, 0.6) is 5.75 Å². The summed E-state index contributed by atoms with van der Waals surface area (Å²) in [7, 11) is 1.95. The van der Waals surface area contributed by atoms with Gasteiger partial charge in [-0.1, -0.05) is 0 Å². The summed E-state index contributed by atoms with van der Waals surface area (Å²) in [6.07, 6.45) is 6.69. The van der Waals surface area contributed by atoms with Gasteiger partial charge in [0.25, 0.3) is 5.91 Å². The van der Waals surface area contributed by atoms with E-state index in [0.717, 1.165) is 61.3 Å². The van der Waals surface area contributed by atoms with Crippen molar-refractivity contribution in [1.29, 1.82) is 0 Å². The number of hydrogen-bond acceptors (Lipinski definition) is 4. The first-order chi connectivity index (χ1) is 12.2. The number of furan rings is 1. The molecule has 6 heteroatoms. The van der Waals surface area contributed by atoms with Gasteiger partial charge in [-0.3, -0.25) is 4.79 Å². The second kappa shape index (κ2) is 8.31. The molecule has 142 valence electrons. The van der Waals surface area contributed by atoms with E-state index in [9.17, 15) is 4.79 Å². The summed E-state index contributed by atoms with van der Waals surface area (Å²) < 4.78 is 11.8. The highest BCUT2D eigenvalue weighted by atomic mass is 35.5. The monoisotopic (exact) mass is 378 g/mol. The van der Waals surface area contributed by atoms with Gasteiger partial charge in [0.15, 0.2) is 6.61 Å². The van der Waals surface area contributed by atoms with E-state index in [1.54, 1.807) is 0 Å². The fourth-order valence-corrected chi connectivity index (χ4v) is 4.01. The zero-order valence-corrected chi connectivity index (χ0v) is 16.1. The van der Waals surface area contributed by atoms with Gasteiger partial charge in [-0.2, -0.15) is 0 Å². The number of hydrogen-bond donors (Lipinski definition) is 1. The van der Waals surface area contributed by atoms with E-state index in [-0.39, 0.29) is 24.9 Å². The van der Waals surface area contributed by atoms with Crippen molar-refractivity contribution in [3.8, 4) is 5.75 Å². The number of likely N-dealkylation sites (tertiary alicyclic amines) is 1. The highest BCUT2D eigenvalue weighted by Crippen LogP contribution is 2.33. The van der Waals surface area contributed by atoms with Crippen LogP contribution in [0.2, 0.25) is 0 Å². The molecular weight excluding hydrogens is 352 g/mol. The largest absolute Gasteiger partial charge is 0.484 e. The molecule has 1 fully saturated rings. The fourth-order valence-electron chi connectivity index (χ4n) is 4.01. The zero-order valence-electron chi connectivity index (χ0n) is 15.3. The maximum Gasteiger partial charge on any atom is 0.260 e. The molecule has 1 aliphatic carbocycles. The van der Waals surface area contributed by atoms with Crippen LogP contribution < -0.4 is 10.1 Å². The van der Waals surface area contributed by atoms with E-state index in [4.69, 9.17) is 9.15 Å². The molecular formula is C20H27ClN2O3. The maximum absolute atomic E-state index is 12.4. The molecule has 1 atom stereocenters. The van der Waals surface area contributed by atoms with Crippen LogP contribution in [0.1, 0.15) is 37.0 Å². The summed E-state index contributed by atoms with van der Waals surface area (Å²) in [4.78, 5) is 14.3. The van der Waals surface area contributed by atoms with Crippen LogP contribution in [0, 0.1) is 0 Å². The lowest BCUT2D eigenvalue weighted by molar-refractivity contribution is -0.134. The topological polar surface area (TPSA) is 54.7 Å². The molecule has 1 aromatic heterocycles. The first-order valence-electron chi connectivity index (χ1n) is 9.37. The number of benzene rings is 1. The van der Waals surface area contributed by atoms with E-state index >= 15 is 0 Å². The number of piperidine rings is 1. The summed E-state index contributed by atoms with van der Waals surface area (Å²) in [6.45, 7) is 1.70. The number of ether oxygens (including phenoxy) is 1. The number of amides is 1. The Morgan fingerprint density at radius 3 is 3.00 bits per heavy atom. The minimum Gasteiger partial charge on any atom is -0.484 e. The smallest absolute Gasteiger partial charge is 0.260 e. The average molecular weight is 379 g/mol. The number of aryl methyl sites for hydroxylation is 2. The van der Waals surface area contributed by atoms with Crippen molar-refractivity contribution in [2.75, 3.05) is 26.7 Å². The van der Waals surface area contributed by atoms with Crippen molar-refractivity contribution >= 4 is 29.3 Å². The number of fused-ring (bicyclic) bond motifs is 3. The second-order valence-corrected chi connectivity index (χ2v) is 7.13. The van der Waals surface area contributed by atoms with Gasteiger partial charge >= 0.3 is 0 Å². The van der Waals surface area contributed by atoms with Crippen molar-refractivity contribution in [2.45, 2.75) is 44.6 Å². The summed E-state index contributed by atoms with van der Waals surface area (Å²) in [5.74, 6) is 1.94. The van der Waals surface area contributed by atoms with E-state index in [1.807, 2.05) is 30.1 Å². The standard InChI is InChI=1S/C20H26N2O3.ClH/c1-21-14-5-4-10-22(12-14)20(23)13-24-15-8-9-19-17(11-15)16-6-2-3-7-18(16)25-19;/h8-9,11,14,21H,2-7,10,12-13H2,1H3;1H. The molecule has 0 bridgehead atoms. The number of rotatable bonds is 4. The Hall–Kier alpha value is -1.72. The molecule has 5 nitrogen and oxygen atoms in total. The molecule has 4 rings (SSSR count). The summed E-state index contributed by atoms with van der Waals surface area (Å²) in [5.41, 5.74) is 2.25. The van der Waals surface area contributed by atoms with Gasteiger partial charge in [0.2, 0.25) is 0 Å². The lowest BCUT2D eigenvalue weighted by atomic mass is 9.96. The third-order valence-electron chi connectivity index (χ3n) is 5.47. The predicted octanol–water partition coefficient (Wildman–Crippen LogP) is 3.32. The first kappa shape index (κ1) is 19.1. The van der Waals surface area contributed by atoms with Crippen LogP contribution in [0.25, 0.3) is 11.0 Å². The molecule has 0 saturated carbocycles. The van der Waals surface area contributed by atoms with Gasteiger partial charge in [0, 0.05) is 36.5 Å². The fraction of sp³-hybridized carbons (Fsp3) is 0.550. The Morgan fingerprint density at radius 2 is 2.15 bits per heavy atom. The SMILES string of the molecule is CNC1CCCN(C(=O)COc2ccc3oc4c(c3c2)CCCC4)C1.Cl. The Balaban J connectivity index is 0.00000196. The zero-order chi connectivity index (χ0) is 17.2. The van der Waals surface area contributed by atoms with Gasteiger partial charge in [-0.25, -0.2) is 0 Å². The normalized spacial score (nSPS) is 19.7. The summed E-state index contributed by atoms with van der Waals surface area (Å²) in [5, 5.41) is 4.41. The molecule has 0 radical (unpaired) electrons. The highest BCUT2D eigenvalue weighted by Gasteiger charge is 2.23. The van der Waals surface area contributed by atoms with Crippen LogP contribution in [0.4, 0.5) is 0 Å². The van der Waals surface area contributed by atoms with Gasteiger partial charge in [0.05, 0.1) is 0 Å². The molecule has 0 spiro atoms. The molecule has 1 aromatic carbocycles. The molecule has 1 amide bonds. The van der Waals surface area contributed by atoms with Crippen molar-refractivity contribution < 1.29 is 13.9 Å². The quantitative estimate of drug-likeness (QED) is 0.886. The van der Waals surface area contributed by atoms with E-state index < -0.39 is 0 Å². The van der Waals surface area contributed by atoms with Crippen LogP contribution in [-0.4, -0.2) is 43.6 Å². The molecule has 1 N–H and O–H groups in total. The van der Waals surface area contributed by atoms with Crippen LogP contribution in [-0.2, 0) is 17.6 Å². The number of carbonyl (C=O) groups is 1. The molecule has 2 heterocycles. The van der Waals surface area contributed by atoms with E-state index in [2.05, 4.69) is 5.32 Å². The maximum atomic E-state index is 12.4. The van der Waals surface area contributed by atoms with Crippen LogP contribution in [0.15, 0.2) is 22.6 Å². The lowest BCUT2D eigenvalue weighted by Gasteiger charge is -2.32. The van der Waals surface area contributed by atoms with E-state index in [0.29, 0.717) is 6.04 Å². The minimum atomic E-state index is 0. The Bertz CT molecular complexity index is 774. The molecule has 1 aliphatic heterocycles. The summed E-state index contributed by atoms with van der Waals surface area (Å²) in [6, 6.07) is 6.29. The van der Waals surface area contributed by atoms with Gasteiger partial charge in [-0.05, 0) is 57.4 Å². The van der Waals surface area contributed by atoms with Crippen molar-refractivity contribution in [1.82, 2.24) is 10.2 Å². The molecule has 26 heavy (non-hydrogen) atoms. The predicted molar refractivity (Wildman–Crippen MR) is 104 cm³/mol. The van der Waals surface area contributed by atoms with Crippen LogP contribution >= 0.6 is 12.4 Å². The summed E-state index contributed by atoms with van der Waals surface area (Å²) >= 11 is 0. The first-order valence-corrected chi connectivity index (χ1v) is 9.37. The number of nitrogens with one attached hydrogen (secondary N) is 1. The van der Waals surface area contributed by atoms with Crippen molar-refractivity contribution in [3.63, 3.8) is 0 Å². The average Bonchev–Trinajstić information content (AvgIpc) is 3.04. The number of carbonyl (C=O) groups excluding carboxylic acids is 1. The molecule has 1 unspecified atom stereocenters. The lowest BCUT2D eigenvalue weighted by Crippen LogP contribution is -2.48. The molecule has 2 aliphatic rings. The Labute approximate surface area is 160 Å². The van der Waals surface area contributed by atoms with E-state index in [1.165, 1.54) is 18.4 Å². The molecule has 1 saturated heterocycles. The molecule has 2 aromatic rings. The van der Waals surface area contributed by atoms with Gasteiger partial charge in [-0.15, -0.1) is 12.4 Å². The van der Waals surface area contributed by atoms with Gasteiger partial charge in [0.1, 0.15) is 17.1 Å².